The quantitative estimate of drug-likeness (QED) is 0.242. The summed E-state index contributed by atoms with van der Waals surface area (Å²) in [5.74, 6) is 0. The van der Waals surface area contributed by atoms with Crippen LogP contribution in [0.5, 0.6) is 0 Å². The number of hydrogen-bond acceptors (Lipinski definition) is 2. The van der Waals surface area contributed by atoms with Gasteiger partial charge in [0.2, 0.25) is 0 Å². The predicted octanol–water partition coefficient (Wildman–Crippen LogP) is 6.43. The van der Waals surface area contributed by atoms with Crippen molar-refractivity contribution in [3.8, 4) is 0 Å². The van der Waals surface area contributed by atoms with Gasteiger partial charge >= 0.3 is 37.9 Å². The van der Waals surface area contributed by atoms with Gasteiger partial charge in [-0.3, -0.25) is 0 Å². The summed E-state index contributed by atoms with van der Waals surface area (Å²) in [6, 6.07) is 0. The molecular formula is C22H40Cl2N2Si2Zr+2. The first-order valence-corrected chi connectivity index (χ1v) is 23.0. The van der Waals surface area contributed by atoms with E-state index in [1.54, 1.807) is 0 Å². The Morgan fingerprint density at radius 3 is 1.21 bits per heavy atom. The van der Waals surface area contributed by atoms with Gasteiger partial charge in [-0.25, -0.2) is 0 Å². The average molecular weight is 551 g/mol. The average Bonchev–Trinajstić information content (AvgIpc) is 3.38. The van der Waals surface area contributed by atoms with Crippen LogP contribution in [0.4, 0.5) is 0 Å². The molecule has 0 aromatic heterocycles. The van der Waals surface area contributed by atoms with Crippen molar-refractivity contribution in [3.63, 3.8) is 0 Å². The van der Waals surface area contributed by atoms with Gasteiger partial charge in [0.25, 0.3) is 0 Å². The summed E-state index contributed by atoms with van der Waals surface area (Å²) in [4.78, 5) is 7.40. The van der Waals surface area contributed by atoms with Crippen LogP contribution in [0.2, 0.25) is 26.2 Å². The van der Waals surface area contributed by atoms with Crippen molar-refractivity contribution in [1.29, 1.82) is 0 Å². The third-order valence-corrected chi connectivity index (χ3v) is 10.8. The molecule has 2 aliphatic rings. The van der Waals surface area contributed by atoms with Crippen LogP contribution in [0.3, 0.4) is 0 Å². The molecule has 0 amide bonds. The second kappa shape index (κ2) is 18.3. The van der Waals surface area contributed by atoms with Crippen molar-refractivity contribution >= 4 is 33.5 Å². The van der Waals surface area contributed by atoms with E-state index in [2.05, 4.69) is 101 Å². The van der Waals surface area contributed by atoms with Gasteiger partial charge in [-0.05, 0) is 88.4 Å². The van der Waals surface area contributed by atoms with E-state index in [0.29, 0.717) is 0 Å². The molecule has 2 saturated carbocycles. The minimum absolute atomic E-state index is 0.826. The summed E-state index contributed by atoms with van der Waals surface area (Å²) in [6.07, 6.45) is 22.6. The Morgan fingerprint density at radius 2 is 0.966 bits per heavy atom. The van der Waals surface area contributed by atoms with Gasteiger partial charge in [0.15, 0.2) is 0 Å². The third-order valence-electron chi connectivity index (χ3n) is 4.96. The van der Waals surface area contributed by atoms with Crippen molar-refractivity contribution in [3.05, 3.63) is 62.4 Å². The minimum atomic E-state index is -1.31. The molecule has 0 atom stereocenters. The standard InChI is InChI=1S/2C11H20NSi.2ClH.Zr/c2*1-4-5-10-12-13(2,3)11-8-6-7-9-11;;;/h2*6-9,12H,4-5,10H2,1-3H3;2*1H;/q;;;;+4/p-2. The maximum atomic E-state index is 4.93. The van der Waals surface area contributed by atoms with Crippen LogP contribution < -0.4 is 9.96 Å². The van der Waals surface area contributed by atoms with E-state index >= 15 is 0 Å². The molecule has 0 unspecified atom stereocenters. The third kappa shape index (κ3) is 14.6. The summed E-state index contributed by atoms with van der Waals surface area (Å²) in [7, 11) is 7.24. The molecular weight excluding hydrogens is 511 g/mol. The molecule has 0 aromatic rings. The molecule has 0 aliphatic heterocycles. The second-order valence-corrected chi connectivity index (χ2v) is 20.3. The Morgan fingerprint density at radius 1 is 0.690 bits per heavy atom. The van der Waals surface area contributed by atoms with Gasteiger partial charge < -0.3 is 9.96 Å². The monoisotopic (exact) mass is 548 g/mol. The number of halogens is 2. The Hall–Kier alpha value is 1.82. The zero-order valence-electron chi connectivity index (χ0n) is 19.1. The van der Waals surface area contributed by atoms with Crippen LogP contribution in [-0.4, -0.2) is 29.6 Å². The molecule has 0 spiro atoms. The Kier molecular flexibility index (Phi) is 19.4. The summed E-state index contributed by atoms with van der Waals surface area (Å²) in [5.41, 5.74) is 3.03. The van der Waals surface area contributed by atoms with Crippen molar-refractivity contribution < 1.29 is 20.8 Å². The number of hydrogen-bond donors (Lipinski definition) is 2. The van der Waals surface area contributed by atoms with E-state index in [-0.39, 0.29) is 0 Å². The Balaban J connectivity index is 0.000000477. The second-order valence-electron chi connectivity index (χ2n) is 8.23. The van der Waals surface area contributed by atoms with Gasteiger partial charge in [0, 0.05) is 0 Å². The maximum absolute atomic E-state index is 4.93. The van der Waals surface area contributed by atoms with Gasteiger partial charge in [0.1, 0.15) is 16.5 Å². The molecule has 2 fully saturated rings. The van der Waals surface area contributed by atoms with Crippen molar-refractivity contribution in [2.45, 2.75) is 65.7 Å². The van der Waals surface area contributed by atoms with Gasteiger partial charge in [-0.2, -0.15) is 0 Å². The zero-order chi connectivity index (χ0) is 22.2. The molecule has 2 N–H and O–H groups in total. The first-order chi connectivity index (χ1) is 13.7. The van der Waals surface area contributed by atoms with E-state index in [1.807, 2.05) is 0 Å². The summed E-state index contributed by atoms with van der Waals surface area (Å²) >= 11 is -0.826. The van der Waals surface area contributed by atoms with Crippen LogP contribution >= 0.6 is 17.0 Å². The summed E-state index contributed by atoms with van der Waals surface area (Å²) in [5, 5.41) is 0. The number of rotatable bonds is 10. The van der Waals surface area contributed by atoms with E-state index in [0.717, 1.165) is 0 Å². The normalized spacial score (nSPS) is 17.9. The fourth-order valence-corrected chi connectivity index (χ4v) is 7.00. The number of unbranched alkanes of at least 4 members (excludes halogenated alkanes) is 2. The van der Waals surface area contributed by atoms with Crippen LogP contribution in [0.25, 0.3) is 0 Å². The van der Waals surface area contributed by atoms with Crippen molar-refractivity contribution in [2.75, 3.05) is 13.1 Å². The van der Waals surface area contributed by atoms with Gasteiger partial charge in [0.05, 0.1) is 0 Å². The first kappa shape index (κ1) is 30.8. The molecule has 162 valence electrons. The van der Waals surface area contributed by atoms with Gasteiger partial charge in [-0.15, -0.1) is 0 Å². The van der Waals surface area contributed by atoms with Crippen LogP contribution in [0, 0.1) is 62.4 Å². The van der Waals surface area contributed by atoms with E-state index in [1.165, 1.54) is 49.9 Å². The summed E-state index contributed by atoms with van der Waals surface area (Å²) < 4.78 is 0. The fraction of sp³-hybridized carbons (Fsp3) is 0.545. The molecule has 2 rings (SSSR count). The molecule has 10 radical (unpaired) electrons. The summed E-state index contributed by atoms with van der Waals surface area (Å²) in [6.45, 7) is 16.3. The van der Waals surface area contributed by atoms with Crippen LogP contribution in [-0.2, 0) is 20.8 Å². The number of nitrogens with one attached hydrogen (secondary N) is 2. The molecule has 0 heterocycles. The van der Waals surface area contributed by atoms with E-state index in [9.17, 15) is 0 Å². The van der Waals surface area contributed by atoms with Crippen molar-refractivity contribution in [2.24, 2.45) is 0 Å². The molecule has 0 saturated heterocycles. The molecule has 0 aromatic carbocycles. The first-order valence-electron chi connectivity index (χ1n) is 10.7. The van der Waals surface area contributed by atoms with E-state index < -0.39 is 37.3 Å². The predicted molar refractivity (Wildman–Crippen MR) is 133 cm³/mol. The zero-order valence-corrected chi connectivity index (χ0v) is 25.1. The topological polar surface area (TPSA) is 24.1 Å². The molecule has 0 bridgehead atoms. The van der Waals surface area contributed by atoms with Gasteiger partial charge in [-0.1, -0.05) is 52.9 Å². The van der Waals surface area contributed by atoms with Crippen molar-refractivity contribution in [1.82, 2.24) is 9.96 Å². The molecule has 2 aliphatic carbocycles. The Labute approximate surface area is 204 Å². The SMILES string of the molecule is CCCCN[Si](C)(C)[C]1[CH][CH][CH][CH]1.CCCCN[Si](C)(C)[C]1[CH][CH][CH][CH]1.[Cl][Zr+2][Cl]. The van der Waals surface area contributed by atoms with E-state index in [4.69, 9.17) is 17.0 Å². The Bertz CT molecular complexity index is 342. The molecule has 2 nitrogen and oxygen atoms in total. The fourth-order valence-electron chi connectivity index (χ4n) is 2.94. The van der Waals surface area contributed by atoms with Crippen LogP contribution in [0.15, 0.2) is 0 Å². The molecule has 29 heavy (non-hydrogen) atoms. The molecule has 7 heteroatoms. The van der Waals surface area contributed by atoms with Crippen LogP contribution in [0.1, 0.15) is 39.5 Å².